The van der Waals surface area contributed by atoms with Crippen LogP contribution in [0.4, 0.5) is 14.9 Å². The topological polar surface area (TPSA) is 84.9 Å². The lowest BCUT2D eigenvalue weighted by Gasteiger charge is -2.26. The first-order valence-electron chi connectivity index (χ1n) is 10.2. The van der Waals surface area contributed by atoms with Crippen molar-refractivity contribution in [3.63, 3.8) is 0 Å². The lowest BCUT2D eigenvalue weighted by Crippen LogP contribution is -2.54. The number of hydrogen-bond donors (Lipinski definition) is 1. The van der Waals surface area contributed by atoms with E-state index in [1.54, 1.807) is 18.2 Å². The van der Waals surface area contributed by atoms with Crippen LogP contribution in [0.1, 0.15) is 11.1 Å². The summed E-state index contributed by atoms with van der Waals surface area (Å²) in [5.74, 6) is -1.66. The molecule has 1 aliphatic rings. The van der Waals surface area contributed by atoms with E-state index in [0.717, 1.165) is 11.6 Å². The maximum absolute atomic E-state index is 13.7. The van der Waals surface area contributed by atoms with E-state index in [-0.39, 0.29) is 17.9 Å². The summed E-state index contributed by atoms with van der Waals surface area (Å²) in [5.41, 5.74) is 0.872. The fourth-order valence-electron chi connectivity index (χ4n) is 3.37. The molecule has 1 aliphatic heterocycles. The van der Waals surface area contributed by atoms with E-state index in [2.05, 4.69) is 21.2 Å². The quantitative estimate of drug-likeness (QED) is 0.319. The highest BCUT2D eigenvalue weighted by Crippen LogP contribution is 2.36. The zero-order valence-corrected chi connectivity index (χ0v) is 20.5. The Morgan fingerprint density at radius 3 is 2.54 bits per heavy atom. The summed E-state index contributed by atoms with van der Waals surface area (Å²) < 4.78 is 25.5. The number of methoxy groups -OCH3 is 1. The molecule has 0 radical (unpaired) electrons. The van der Waals surface area contributed by atoms with Gasteiger partial charge < -0.3 is 9.47 Å². The minimum absolute atomic E-state index is 0.00846. The predicted octanol–water partition coefficient (Wildman–Crippen LogP) is 5.50. The Morgan fingerprint density at radius 2 is 1.83 bits per heavy atom. The second-order valence-electron chi connectivity index (χ2n) is 7.34. The molecule has 1 fully saturated rings. The summed E-state index contributed by atoms with van der Waals surface area (Å²) in [6.45, 7) is 0.189. The minimum atomic E-state index is -0.970. The molecule has 0 spiro atoms. The number of barbiturate groups is 1. The van der Waals surface area contributed by atoms with Crippen LogP contribution in [0.25, 0.3) is 6.08 Å². The van der Waals surface area contributed by atoms with Gasteiger partial charge in [-0.1, -0.05) is 51.8 Å². The Labute approximate surface area is 213 Å². The third-order valence-corrected chi connectivity index (χ3v) is 6.15. The molecule has 0 atom stereocenters. The van der Waals surface area contributed by atoms with Crippen molar-refractivity contribution in [1.29, 1.82) is 0 Å². The first kappa shape index (κ1) is 24.4. The van der Waals surface area contributed by atoms with Crippen molar-refractivity contribution in [3.8, 4) is 11.5 Å². The zero-order valence-electron chi connectivity index (χ0n) is 18.2. The van der Waals surface area contributed by atoms with E-state index in [0.29, 0.717) is 31.5 Å². The highest BCUT2D eigenvalue weighted by molar-refractivity contribution is 9.10. The van der Waals surface area contributed by atoms with Crippen molar-refractivity contribution in [2.75, 3.05) is 12.0 Å². The molecular formula is C25H17BrClFN2O5. The Balaban J connectivity index is 1.66. The van der Waals surface area contributed by atoms with Gasteiger partial charge in [-0.2, -0.15) is 0 Å². The third kappa shape index (κ3) is 5.21. The van der Waals surface area contributed by atoms with Gasteiger partial charge in [0.25, 0.3) is 11.8 Å². The second-order valence-corrected chi connectivity index (χ2v) is 8.60. The molecular weight excluding hydrogens is 543 g/mol. The van der Waals surface area contributed by atoms with Gasteiger partial charge in [-0.05, 0) is 48.0 Å². The number of urea groups is 1. The summed E-state index contributed by atoms with van der Waals surface area (Å²) in [5, 5.41) is 2.67. The summed E-state index contributed by atoms with van der Waals surface area (Å²) in [7, 11) is 1.45. The Bertz CT molecular complexity index is 1380. The van der Waals surface area contributed by atoms with Gasteiger partial charge in [0, 0.05) is 15.1 Å². The lowest BCUT2D eigenvalue weighted by atomic mass is 10.1. The first-order chi connectivity index (χ1) is 16.8. The van der Waals surface area contributed by atoms with Crippen LogP contribution in [-0.4, -0.2) is 25.0 Å². The molecule has 1 heterocycles. The second kappa shape index (κ2) is 10.3. The van der Waals surface area contributed by atoms with Crippen molar-refractivity contribution in [3.05, 3.63) is 92.7 Å². The van der Waals surface area contributed by atoms with Gasteiger partial charge in [0.2, 0.25) is 0 Å². The van der Waals surface area contributed by atoms with Crippen LogP contribution in [0.3, 0.4) is 0 Å². The molecule has 178 valence electrons. The van der Waals surface area contributed by atoms with Gasteiger partial charge in [-0.15, -0.1) is 0 Å². The van der Waals surface area contributed by atoms with E-state index in [9.17, 15) is 18.8 Å². The molecule has 0 unspecified atom stereocenters. The number of hydrogen-bond acceptors (Lipinski definition) is 5. The van der Waals surface area contributed by atoms with Crippen LogP contribution in [0.15, 0.2) is 70.7 Å². The number of ether oxygens (including phenoxy) is 2. The van der Waals surface area contributed by atoms with Gasteiger partial charge in [0.15, 0.2) is 11.5 Å². The van der Waals surface area contributed by atoms with Crippen LogP contribution in [0, 0.1) is 5.82 Å². The van der Waals surface area contributed by atoms with E-state index < -0.39 is 23.7 Å². The maximum atomic E-state index is 13.7. The van der Waals surface area contributed by atoms with Crippen molar-refractivity contribution in [2.24, 2.45) is 0 Å². The van der Waals surface area contributed by atoms with Crippen molar-refractivity contribution in [1.82, 2.24) is 5.32 Å². The third-order valence-electron chi connectivity index (χ3n) is 5.09. The molecule has 1 saturated heterocycles. The number of rotatable bonds is 6. The molecule has 3 aromatic carbocycles. The smallest absolute Gasteiger partial charge is 0.335 e. The Hall–Kier alpha value is -3.69. The lowest BCUT2D eigenvalue weighted by molar-refractivity contribution is -0.122. The highest BCUT2D eigenvalue weighted by atomic mass is 79.9. The van der Waals surface area contributed by atoms with Crippen molar-refractivity contribution >= 4 is 57.1 Å². The van der Waals surface area contributed by atoms with E-state index in [4.69, 9.17) is 21.1 Å². The average molecular weight is 560 g/mol. The van der Waals surface area contributed by atoms with E-state index >= 15 is 0 Å². The van der Waals surface area contributed by atoms with Crippen LogP contribution in [0.5, 0.6) is 11.5 Å². The minimum Gasteiger partial charge on any atom is -0.493 e. The van der Waals surface area contributed by atoms with Crippen molar-refractivity contribution in [2.45, 2.75) is 6.61 Å². The van der Waals surface area contributed by atoms with Crippen LogP contribution in [-0.2, 0) is 16.2 Å². The van der Waals surface area contributed by atoms with Gasteiger partial charge >= 0.3 is 6.03 Å². The molecule has 1 N–H and O–H groups in total. The summed E-state index contributed by atoms with van der Waals surface area (Å²) in [4.78, 5) is 38.6. The van der Waals surface area contributed by atoms with Crippen LogP contribution in [0.2, 0.25) is 5.02 Å². The molecule has 4 rings (SSSR count). The number of halogens is 3. The molecule has 3 aromatic rings. The number of benzene rings is 3. The van der Waals surface area contributed by atoms with E-state index in [1.807, 2.05) is 18.2 Å². The van der Waals surface area contributed by atoms with Gasteiger partial charge in [0.1, 0.15) is 18.0 Å². The fraction of sp³-hybridized carbons (Fsp3) is 0.0800. The van der Waals surface area contributed by atoms with Crippen LogP contribution >= 0.6 is 27.5 Å². The molecule has 0 aromatic heterocycles. The van der Waals surface area contributed by atoms with E-state index in [1.165, 1.54) is 31.4 Å². The number of nitrogens with one attached hydrogen (secondary N) is 1. The molecule has 0 aliphatic carbocycles. The molecule has 7 nitrogen and oxygen atoms in total. The highest BCUT2D eigenvalue weighted by Gasteiger charge is 2.37. The fourth-order valence-corrected chi connectivity index (χ4v) is 3.99. The number of imide groups is 2. The SMILES string of the molecule is COc1cc(/C=C2\C(=O)NC(=O)N(c3cccc(F)c3)C2=O)c(Br)cc1OCc1ccccc1Cl. The molecule has 0 saturated carbocycles. The molecule has 10 heteroatoms. The Kier molecular flexibility index (Phi) is 7.18. The Morgan fingerprint density at radius 1 is 1.06 bits per heavy atom. The van der Waals surface area contributed by atoms with Gasteiger partial charge in [0.05, 0.1) is 12.8 Å². The molecule has 0 bridgehead atoms. The first-order valence-corrected chi connectivity index (χ1v) is 11.4. The zero-order chi connectivity index (χ0) is 25.1. The number of anilines is 1. The number of carbonyl (C=O) groups excluding carboxylic acids is 3. The van der Waals surface area contributed by atoms with Crippen molar-refractivity contribution < 1.29 is 28.2 Å². The van der Waals surface area contributed by atoms with Crippen LogP contribution < -0.4 is 19.7 Å². The average Bonchev–Trinajstić information content (AvgIpc) is 2.82. The number of nitrogens with zero attached hydrogens (tertiary/aromatic N) is 1. The summed E-state index contributed by atoms with van der Waals surface area (Å²) in [6.07, 6.45) is 1.31. The van der Waals surface area contributed by atoms with Gasteiger partial charge in [-0.3, -0.25) is 14.9 Å². The summed E-state index contributed by atoms with van der Waals surface area (Å²) >= 11 is 9.60. The van der Waals surface area contributed by atoms with Gasteiger partial charge in [-0.25, -0.2) is 14.1 Å². The summed E-state index contributed by atoms with van der Waals surface area (Å²) in [6, 6.07) is 14.4. The normalized spacial score (nSPS) is 14.8. The maximum Gasteiger partial charge on any atom is 0.335 e. The monoisotopic (exact) mass is 558 g/mol. The number of carbonyl (C=O) groups is 3. The predicted molar refractivity (Wildman–Crippen MR) is 132 cm³/mol. The molecule has 4 amide bonds. The largest absolute Gasteiger partial charge is 0.493 e. The number of amides is 4. The standard InChI is InChI=1S/C25H17BrClFN2O5/c1-34-21-10-15(19(26)12-22(21)35-13-14-5-2-3-8-20(14)27)9-18-23(31)29-25(33)30(24(18)32)17-7-4-6-16(28)11-17/h2-12H,13H2,1H3,(H,29,31,33)/b18-9+. The molecule has 35 heavy (non-hydrogen) atoms.